The molecule has 1 atom stereocenters. The number of hydrogen-bond donors (Lipinski definition) is 2. The lowest BCUT2D eigenvalue weighted by atomic mass is 10.4. The van der Waals surface area contributed by atoms with Gasteiger partial charge in [0.25, 0.3) is 0 Å². The Morgan fingerprint density at radius 1 is 1.73 bits per heavy atom. The van der Waals surface area contributed by atoms with E-state index in [2.05, 4.69) is 17.4 Å². The molecule has 0 rings (SSSR count). The summed E-state index contributed by atoms with van der Waals surface area (Å²) in [5.74, 6) is -0.142. The molecule has 0 saturated heterocycles. The van der Waals surface area contributed by atoms with Gasteiger partial charge in [0.15, 0.2) is 0 Å². The zero-order valence-corrected chi connectivity index (χ0v) is 7.60. The van der Waals surface area contributed by atoms with Crippen LogP contribution in [-0.4, -0.2) is 17.8 Å². The average Bonchev–Trinajstić information content (AvgIpc) is 1.98. The fraction of sp³-hybridized carbons (Fsp3) is 0.571. The van der Waals surface area contributed by atoms with E-state index >= 15 is 0 Å². The number of thiol groups is 1. The van der Waals surface area contributed by atoms with E-state index in [1.54, 1.807) is 0 Å². The van der Waals surface area contributed by atoms with Crippen LogP contribution in [0.15, 0.2) is 11.8 Å². The molecular weight excluding hydrogens is 162 g/mol. The summed E-state index contributed by atoms with van der Waals surface area (Å²) in [7, 11) is 0. The van der Waals surface area contributed by atoms with Gasteiger partial charge in [0, 0.05) is 5.75 Å². The number of ether oxygens (including phenoxy) is 1. The van der Waals surface area contributed by atoms with E-state index in [4.69, 9.17) is 5.73 Å². The fourth-order valence-corrected chi connectivity index (χ4v) is 0.487. The largest absolute Gasteiger partial charge is 0.433 e. The Labute approximate surface area is 72.0 Å². The van der Waals surface area contributed by atoms with Crippen molar-refractivity contribution in [1.29, 1.82) is 0 Å². The minimum atomic E-state index is -0.631. The summed E-state index contributed by atoms with van der Waals surface area (Å²) in [5.41, 5.74) is 6.24. The zero-order valence-electron chi connectivity index (χ0n) is 6.70. The number of carbonyl (C=O) groups excluding carboxylic acids is 1. The van der Waals surface area contributed by atoms with Crippen molar-refractivity contribution in [3.63, 3.8) is 0 Å². The van der Waals surface area contributed by atoms with Crippen LogP contribution >= 0.6 is 12.6 Å². The van der Waals surface area contributed by atoms with E-state index in [-0.39, 0.29) is 0 Å². The number of allylic oxidation sites excluding steroid dienone is 1. The van der Waals surface area contributed by atoms with Gasteiger partial charge in [0.1, 0.15) is 6.04 Å². The van der Waals surface area contributed by atoms with Gasteiger partial charge in [-0.2, -0.15) is 12.6 Å². The summed E-state index contributed by atoms with van der Waals surface area (Å²) in [5, 5.41) is 0. The molecule has 0 aromatic heterocycles. The highest BCUT2D eigenvalue weighted by Gasteiger charge is 2.10. The first-order valence-electron chi connectivity index (χ1n) is 3.28. The van der Waals surface area contributed by atoms with Gasteiger partial charge >= 0.3 is 5.97 Å². The van der Waals surface area contributed by atoms with Crippen LogP contribution in [0.1, 0.15) is 13.8 Å². The normalized spacial score (nSPS) is 12.0. The molecule has 0 fully saturated rings. The molecular formula is C7H13NO2S. The number of hydrogen-bond acceptors (Lipinski definition) is 4. The van der Waals surface area contributed by atoms with Crippen molar-refractivity contribution in [3.05, 3.63) is 11.8 Å². The molecule has 0 unspecified atom stereocenters. The smallest absolute Gasteiger partial charge is 0.328 e. The van der Waals surface area contributed by atoms with Gasteiger partial charge in [-0.15, -0.1) is 0 Å². The summed E-state index contributed by atoms with van der Waals surface area (Å²) >= 11 is 3.85. The highest BCUT2D eigenvalue weighted by atomic mass is 32.1. The van der Waals surface area contributed by atoms with Crippen LogP contribution in [0.25, 0.3) is 0 Å². The van der Waals surface area contributed by atoms with Crippen molar-refractivity contribution in [2.24, 2.45) is 5.73 Å². The second kappa shape index (κ2) is 5.21. The summed E-state index contributed by atoms with van der Waals surface area (Å²) < 4.78 is 4.68. The molecule has 3 nitrogen and oxygen atoms in total. The van der Waals surface area contributed by atoms with Gasteiger partial charge in [-0.05, 0) is 19.4 Å². The Kier molecular flexibility index (Phi) is 4.98. The van der Waals surface area contributed by atoms with Gasteiger partial charge < -0.3 is 10.5 Å². The summed E-state index contributed by atoms with van der Waals surface area (Å²) in [6, 6.07) is -0.631. The lowest BCUT2D eigenvalue weighted by Gasteiger charge is -2.04. The highest BCUT2D eigenvalue weighted by molar-refractivity contribution is 7.80. The standard InChI is InChI=1S/C7H13NO2S/c1-5(2)3-10-7(9)6(8)4-11/h3,6,11H,4,8H2,1-2H3/t6-/m0/s1. The van der Waals surface area contributed by atoms with Gasteiger partial charge in [-0.3, -0.25) is 0 Å². The van der Waals surface area contributed by atoms with Crippen LogP contribution in [0.2, 0.25) is 0 Å². The molecule has 0 radical (unpaired) electrons. The predicted molar refractivity (Wildman–Crippen MR) is 47.4 cm³/mol. The first kappa shape index (κ1) is 10.5. The maximum atomic E-state index is 10.8. The monoisotopic (exact) mass is 175 g/mol. The Bertz CT molecular complexity index is 164. The Morgan fingerprint density at radius 2 is 2.27 bits per heavy atom. The number of esters is 1. The molecule has 0 spiro atoms. The van der Waals surface area contributed by atoms with Crippen molar-refractivity contribution in [2.75, 3.05) is 5.75 Å². The van der Waals surface area contributed by atoms with E-state index < -0.39 is 12.0 Å². The van der Waals surface area contributed by atoms with Crippen LogP contribution < -0.4 is 5.73 Å². The quantitative estimate of drug-likeness (QED) is 0.377. The fourth-order valence-electron chi connectivity index (χ4n) is 0.338. The van der Waals surface area contributed by atoms with E-state index in [0.717, 1.165) is 5.57 Å². The molecule has 0 bridgehead atoms. The molecule has 0 aliphatic heterocycles. The lowest BCUT2D eigenvalue weighted by molar-refractivity contribution is -0.139. The molecule has 4 heteroatoms. The van der Waals surface area contributed by atoms with Crippen molar-refractivity contribution in [2.45, 2.75) is 19.9 Å². The van der Waals surface area contributed by atoms with E-state index in [1.165, 1.54) is 6.26 Å². The maximum Gasteiger partial charge on any atom is 0.328 e. The third-order valence-corrected chi connectivity index (χ3v) is 1.30. The molecule has 0 amide bonds. The van der Waals surface area contributed by atoms with Crippen LogP contribution in [-0.2, 0) is 9.53 Å². The average molecular weight is 175 g/mol. The van der Waals surface area contributed by atoms with Gasteiger partial charge in [-0.1, -0.05) is 0 Å². The van der Waals surface area contributed by atoms with Crippen molar-refractivity contribution >= 4 is 18.6 Å². The van der Waals surface area contributed by atoms with Crippen molar-refractivity contribution < 1.29 is 9.53 Å². The number of nitrogens with two attached hydrogens (primary N) is 1. The van der Waals surface area contributed by atoms with Crippen molar-refractivity contribution in [3.8, 4) is 0 Å². The Morgan fingerprint density at radius 3 is 2.64 bits per heavy atom. The topological polar surface area (TPSA) is 52.3 Å². The molecule has 2 N–H and O–H groups in total. The van der Waals surface area contributed by atoms with Crippen molar-refractivity contribution in [1.82, 2.24) is 0 Å². The number of rotatable bonds is 3. The molecule has 0 aliphatic rings. The van der Waals surface area contributed by atoms with Gasteiger partial charge in [0.2, 0.25) is 0 Å². The Balaban J connectivity index is 3.79. The van der Waals surface area contributed by atoms with Crippen LogP contribution in [0.4, 0.5) is 0 Å². The first-order valence-corrected chi connectivity index (χ1v) is 3.91. The van der Waals surface area contributed by atoms with Crippen LogP contribution in [0.5, 0.6) is 0 Å². The first-order chi connectivity index (χ1) is 5.07. The molecule has 0 aliphatic carbocycles. The summed E-state index contributed by atoms with van der Waals surface area (Å²) in [4.78, 5) is 10.8. The second-order valence-electron chi connectivity index (χ2n) is 2.42. The lowest BCUT2D eigenvalue weighted by Crippen LogP contribution is -2.32. The maximum absolute atomic E-state index is 10.8. The third-order valence-electron chi connectivity index (χ3n) is 0.910. The number of carbonyl (C=O) groups is 1. The minimum absolute atomic E-state index is 0.301. The summed E-state index contributed by atoms with van der Waals surface area (Å²) in [6.45, 7) is 3.67. The van der Waals surface area contributed by atoms with Gasteiger partial charge in [-0.25, -0.2) is 4.79 Å². The van der Waals surface area contributed by atoms with E-state index in [9.17, 15) is 4.79 Å². The van der Waals surface area contributed by atoms with Crippen LogP contribution in [0, 0.1) is 0 Å². The summed E-state index contributed by atoms with van der Waals surface area (Å²) in [6.07, 6.45) is 1.38. The molecule has 11 heavy (non-hydrogen) atoms. The second-order valence-corrected chi connectivity index (χ2v) is 2.79. The van der Waals surface area contributed by atoms with E-state index in [1.807, 2.05) is 13.8 Å². The Hall–Kier alpha value is -0.480. The highest BCUT2D eigenvalue weighted by Crippen LogP contribution is 1.93. The molecule has 0 aromatic carbocycles. The predicted octanol–water partition coefficient (Wildman–Crippen LogP) is 0.710. The molecule has 0 saturated carbocycles. The minimum Gasteiger partial charge on any atom is -0.433 e. The third kappa shape index (κ3) is 4.86. The molecule has 64 valence electrons. The molecule has 0 aromatic rings. The molecule has 0 heterocycles. The van der Waals surface area contributed by atoms with Crippen LogP contribution in [0.3, 0.4) is 0 Å². The zero-order chi connectivity index (χ0) is 8.85. The van der Waals surface area contributed by atoms with E-state index in [0.29, 0.717) is 5.75 Å². The SMILES string of the molecule is CC(C)=COC(=O)[C@@H](N)CS. The van der Waals surface area contributed by atoms with Gasteiger partial charge in [0.05, 0.1) is 6.26 Å².